The third-order valence-electron chi connectivity index (χ3n) is 2.91. The molecule has 21 heavy (non-hydrogen) atoms. The third-order valence-corrected chi connectivity index (χ3v) is 2.91. The average molecular weight is 279 g/mol. The van der Waals surface area contributed by atoms with Gasteiger partial charge in [0.2, 0.25) is 0 Å². The van der Waals surface area contributed by atoms with E-state index in [1.165, 1.54) is 0 Å². The molecule has 1 N–H and O–H groups in total. The van der Waals surface area contributed by atoms with Crippen LogP contribution >= 0.6 is 0 Å². The van der Waals surface area contributed by atoms with Crippen molar-refractivity contribution in [2.75, 3.05) is 5.32 Å². The summed E-state index contributed by atoms with van der Waals surface area (Å²) in [5.41, 5.74) is 1.62. The lowest BCUT2D eigenvalue weighted by atomic mass is 10.1. The zero-order valence-electron chi connectivity index (χ0n) is 12.3. The minimum atomic E-state index is -0.0865. The molecule has 0 atom stereocenters. The Labute approximate surface area is 123 Å². The lowest BCUT2D eigenvalue weighted by molar-refractivity contribution is 0.631. The Bertz CT molecular complexity index is 762. The molecule has 0 aliphatic carbocycles. The van der Waals surface area contributed by atoms with Gasteiger partial charge in [0.1, 0.15) is 5.82 Å². The summed E-state index contributed by atoms with van der Waals surface area (Å²) in [4.78, 5) is 17.5. The van der Waals surface area contributed by atoms with Gasteiger partial charge in [0.25, 0.3) is 0 Å². The Hall–Kier alpha value is -2.56. The number of hydrogen-bond acceptors (Lipinski definition) is 5. The first-order valence-corrected chi connectivity index (χ1v) is 6.83. The zero-order valence-corrected chi connectivity index (χ0v) is 12.3. The highest BCUT2D eigenvalue weighted by Gasteiger charge is 2.15. The first-order valence-electron chi connectivity index (χ1n) is 6.83. The molecule has 3 aromatic heterocycles. The predicted octanol–water partition coefficient (Wildman–Crippen LogP) is 3.30. The van der Waals surface area contributed by atoms with Gasteiger partial charge in [-0.05, 0) is 39.0 Å². The number of rotatable bonds is 2. The van der Waals surface area contributed by atoms with E-state index in [2.05, 4.69) is 46.0 Å². The highest BCUT2D eigenvalue weighted by molar-refractivity contribution is 5.90. The second-order valence-corrected chi connectivity index (χ2v) is 5.91. The van der Waals surface area contributed by atoms with Crippen LogP contribution in [0.5, 0.6) is 0 Å². The minimum absolute atomic E-state index is 0.0865. The van der Waals surface area contributed by atoms with Crippen LogP contribution in [0.4, 0.5) is 5.82 Å². The van der Waals surface area contributed by atoms with Crippen molar-refractivity contribution in [3.8, 4) is 11.4 Å². The van der Waals surface area contributed by atoms with E-state index in [1.807, 2.05) is 18.2 Å². The van der Waals surface area contributed by atoms with Gasteiger partial charge in [0.05, 0.1) is 11.7 Å². The Morgan fingerprint density at radius 2 is 1.76 bits per heavy atom. The highest BCUT2D eigenvalue weighted by atomic mass is 15.1. The van der Waals surface area contributed by atoms with Crippen molar-refractivity contribution in [3.05, 3.63) is 43.0 Å². The molecular formula is C16H17N5. The van der Waals surface area contributed by atoms with Crippen LogP contribution < -0.4 is 5.32 Å². The predicted molar refractivity (Wildman–Crippen MR) is 83.9 cm³/mol. The Kier molecular flexibility index (Phi) is 3.25. The molecule has 0 aliphatic heterocycles. The first-order chi connectivity index (χ1) is 10.0. The van der Waals surface area contributed by atoms with Crippen molar-refractivity contribution >= 4 is 16.7 Å². The van der Waals surface area contributed by atoms with E-state index in [1.54, 1.807) is 24.8 Å². The van der Waals surface area contributed by atoms with Gasteiger partial charge in [-0.3, -0.25) is 9.97 Å². The van der Waals surface area contributed by atoms with Gasteiger partial charge >= 0.3 is 0 Å². The van der Waals surface area contributed by atoms with Crippen molar-refractivity contribution in [2.45, 2.75) is 26.3 Å². The van der Waals surface area contributed by atoms with Gasteiger partial charge in [-0.1, -0.05) is 0 Å². The van der Waals surface area contributed by atoms with Crippen LogP contribution in [-0.4, -0.2) is 25.5 Å². The molecule has 106 valence electrons. The molecular weight excluding hydrogens is 262 g/mol. The first kappa shape index (κ1) is 13.4. The molecule has 0 unspecified atom stereocenters. The topological polar surface area (TPSA) is 63.6 Å². The largest absolute Gasteiger partial charge is 0.365 e. The zero-order chi connectivity index (χ0) is 14.9. The van der Waals surface area contributed by atoms with Crippen LogP contribution in [0.15, 0.2) is 43.0 Å². The maximum Gasteiger partial charge on any atom is 0.163 e. The van der Waals surface area contributed by atoms with E-state index < -0.39 is 0 Å². The van der Waals surface area contributed by atoms with Gasteiger partial charge in [-0.15, -0.1) is 0 Å². The molecule has 0 bridgehead atoms. The monoisotopic (exact) mass is 279 g/mol. The molecule has 5 heteroatoms. The molecule has 0 saturated heterocycles. The summed E-state index contributed by atoms with van der Waals surface area (Å²) in [5, 5.41) is 4.40. The summed E-state index contributed by atoms with van der Waals surface area (Å²) in [6.07, 6.45) is 7.01. The van der Waals surface area contributed by atoms with Crippen LogP contribution in [0.1, 0.15) is 20.8 Å². The van der Waals surface area contributed by atoms with E-state index in [0.29, 0.717) is 5.82 Å². The summed E-state index contributed by atoms with van der Waals surface area (Å²) >= 11 is 0. The Morgan fingerprint density at radius 1 is 0.952 bits per heavy atom. The average Bonchev–Trinajstić information content (AvgIpc) is 2.46. The molecule has 0 radical (unpaired) electrons. The lowest BCUT2D eigenvalue weighted by Crippen LogP contribution is -2.27. The van der Waals surface area contributed by atoms with Crippen LogP contribution in [0.25, 0.3) is 22.3 Å². The van der Waals surface area contributed by atoms with Crippen molar-refractivity contribution in [1.82, 2.24) is 19.9 Å². The molecule has 0 aliphatic rings. The maximum absolute atomic E-state index is 4.67. The smallest absolute Gasteiger partial charge is 0.163 e. The van der Waals surface area contributed by atoms with Crippen LogP contribution in [0, 0.1) is 0 Å². The van der Waals surface area contributed by atoms with E-state index in [4.69, 9.17) is 0 Å². The van der Waals surface area contributed by atoms with Gasteiger partial charge < -0.3 is 5.32 Å². The molecule has 5 nitrogen and oxygen atoms in total. The molecule has 0 amide bonds. The number of pyridine rings is 2. The second kappa shape index (κ2) is 5.09. The van der Waals surface area contributed by atoms with Crippen LogP contribution in [0.2, 0.25) is 0 Å². The fourth-order valence-corrected chi connectivity index (χ4v) is 2.06. The SMILES string of the molecule is CC(C)(C)Nc1nc(-c2cccnc2)nc2cnccc12. The normalized spacial score (nSPS) is 11.6. The van der Waals surface area contributed by atoms with Gasteiger partial charge in [0.15, 0.2) is 5.82 Å². The summed E-state index contributed by atoms with van der Waals surface area (Å²) in [5.74, 6) is 1.46. The Morgan fingerprint density at radius 3 is 2.48 bits per heavy atom. The van der Waals surface area contributed by atoms with Gasteiger partial charge in [-0.25, -0.2) is 9.97 Å². The molecule has 0 aromatic carbocycles. The molecule has 3 rings (SSSR count). The van der Waals surface area contributed by atoms with Gasteiger partial charge in [0, 0.05) is 35.1 Å². The number of anilines is 1. The molecule has 0 fully saturated rings. The number of nitrogens with one attached hydrogen (secondary N) is 1. The summed E-state index contributed by atoms with van der Waals surface area (Å²) in [6.45, 7) is 6.31. The van der Waals surface area contributed by atoms with E-state index in [0.717, 1.165) is 22.3 Å². The standard InChI is InChI=1S/C16H17N5/c1-16(2,3)21-15-12-6-8-18-10-13(12)19-14(20-15)11-5-4-7-17-9-11/h4-10H,1-3H3,(H,19,20,21). The van der Waals surface area contributed by atoms with E-state index >= 15 is 0 Å². The fraction of sp³-hybridized carbons (Fsp3) is 0.250. The summed E-state index contributed by atoms with van der Waals surface area (Å²) in [7, 11) is 0. The molecule has 0 spiro atoms. The quantitative estimate of drug-likeness (QED) is 0.779. The maximum atomic E-state index is 4.67. The minimum Gasteiger partial charge on any atom is -0.365 e. The number of aromatic nitrogens is 4. The Balaban J connectivity index is 2.20. The fourth-order valence-electron chi connectivity index (χ4n) is 2.06. The lowest BCUT2D eigenvalue weighted by Gasteiger charge is -2.22. The summed E-state index contributed by atoms with van der Waals surface area (Å²) < 4.78 is 0. The van der Waals surface area contributed by atoms with Crippen LogP contribution in [0.3, 0.4) is 0 Å². The molecule has 0 saturated carbocycles. The van der Waals surface area contributed by atoms with Crippen molar-refractivity contribution < 1.29 is 0 Å². The van der Waals surface area contributed by atoms with Crippen molar-refractivity contribution in [1.29, 1.82) is 0 Å². The van der Waals surface area contributed by atoms with Crippen LogP contribution in [-0.2, 0) is 0 Å². The van der Waals surface area contributed by atoms with Crippen molar-refractivity contribution in [2.24, 2.45) is 0 Å². The third kappa shape index (κ3) is 2.97. The molecule has 3 heterocycles. The highest BCUT2D eigenvalue weighted by Crippen LogP contribution is 2.25. The van der Waals surface area contributed by atoms with Crippen molar-refractivity contribution in [3.63, 3.8) is 0 Å². The number of fused-ring (bicyclic) bond motifs is 1. The number of hydrogen-bond donors (Lipinski definition) is 1. The number of nitrogens with zero attached hydrogens (tertiary/aromatic N) is 4. The second-order valence-electron chi connectivity index (χ2n) is 5.91. The summed E-state index contributed by atoms with van der Waals surface area (Å²) in [6, 6.07) is 5.75. The van der Waals surface area contributed by atoms with E-state index in [9.17, 15) is 0 Å². The van der Waals surface area contributed by atoms with Gasteiger partial charge in [-0.2, -0.15) is 0 Å². The van der Waals surface area contributed by atoms with E-state index in [-0.39, 0.29) is 5.54 Å². The molecule has 3 aromatic rings.